The highest BCUT2D eigenvalue weighted by Gasteiger charge is 2.23. The summed E-state index contributed by atoms with van der Waals surface area (Å²) in [7, 11) is 0. The topological polar surface area (TPSA) is 82.7 Å². The van der Waals surface area contributed by atoms with E-state index in [2.05, 4.69) is 26.0 Å². The quantitative estimate of drug-likeness (QED) is 0.486. The number of H-pyrrole nitrogens is 1. The summed E-state index contributed by atoms with van der Waals surface area (Å²) in [4.78, 5) is 11.6. The maximum Gasteiger partial charge on any atom is 0.202 e. The third-order valence-electron chi connectivity index (χ3n) is 2.02. The van der Waals surface area contributed by atoms with E-state index >= 15 is 0 Å². The highest BCUT2D eigenvalue weighted by Crippen LogP contribution is 1.98. The first-order valence-electron chi connectivity index (χ1n) is 4.22. The van der Waals surface area contributed by atoms with E-state index in [-0.39, 0.29) is 11.8 Å². The van der Waals surface area contributed by atoms with Crippen molar-refractivity contribution < 1.29 is 4.79 Å². The van der Waals surface area contributed by atoms with Crippen LogP contribution in [-0.2, 0) is 0 Å². The van der Waals surface area contributed by atoms with Gasteiger partial charge in [-0.1, -0.05) is 0 Å². The summed E-state index contributed by atoms with van der Waals surface area (Å²) in [5.74, 6) is -0.0130. The number of hydrogen-bond donors (Lipinski definition) is 3. The van der Waals surface area contributed by atoms with E-state index < -0.39 is 0 Å². The summed E-state index contributed by atoms with van der Waals surface area (Å²) in [6.07, 6.45) is 1.44. The Morgan fingerprint density at radius 2 is 2.46 bits per heavy atom. The van der Waals surface area contributed by atoms with E-state index in [1.54, 1.807) is 0 Å². The second kappa shape index (κ2) is 3.63. The van der Waals surface area contributed by atoms with Gasteiger partial charge >= 0.3 is 0 Å². The van der Waals surface area contributed by atoms with Gasteiger partial charge in [-0.25, -0.2) is 0 Å². The van der Waals surface area contributed by atoms with E-state index in [1.165, 1.54) is 6.20 Å². The van der Waals surface area contributed by atoms with Gasteiger partial charge in [0.15, 0.2) is 0 Å². The number of piperazine rings is 1. The van der Waals surface area contributed by atoms with Crippen molar-refractivity contribution >= 4 is 5.78 Å². The molecule has 1 unspecified atom stereocenters. The lowest BCUT2D eigenvalue weighted by Gasteiger charge is -2.22. The zero-order valence-corrected chi connectivity index (χ0v) is 7.08. The number of nitrogens with one attached hydrogen (secondary N) is 3. The molecular formula is C7H11N5O. The van der Waals surface area contributed by atoms with Crippen LogP contribution in [0.15, 0.2) is 6.20 Å². The van der Waals surface area contributed by atoms with Crippen LogP contribution in [0, 0.1) is 0 Å². The number of aromatic nitrogens is 3. The SMILES string of the molecule is O=C(c1cn[nH]n1)C1CNCCN1. The predicted molar refractivity (Wildman–Crippen MR) is 45.4 cm³/mol. The molecule has 2 rings (SSSR count). The third-order valence-corrected chi connectivity index (χ3v) is 2.02. The van der Waals surface area contributed by atoms with Crippen LogP contribution in [0.3, 0.4) is 0 Å². The molecule has 2 heterocycles. The van der Waals surface area contributed by atoms with E-state index in [0.29, 0.717) is 12.2 Å². The van der Waals surface area contributed by atoms with Gasteiger partial charge in [0, 0.05) is 19.6 Å². The highest BCUT2D eigenvalue weighted by molar-refractivity contribution is 5.98. The van der Waals surface area contributed by atoms with E-state index in [0.717, 1.165) is 13.1 Å². The molecule has 1 saturated heterocycles. The minimum Gasteiger partial charge on any atom is -0.313 e. The van der Waals surface area contributed by atoms with Crippen molar-refractivity contribution in [2.45, 2.75) is 6.04 Å². The lowest BCUT2D eigenvalue weighted by Crippen LogP contribution is -2.52. The smallest absolute Gasteiger partial charge is 0.202 e. The number of Topliss-reactive ketones (excluding diaryl/α,β-unsaturated/α-hetero) is 1. The Morgan fingerprint density at radius 3 is 3.08 bits per heavy atom. The molecule has 1 fully saturated rings. The first-order valence-corrected chi connectivity index (χ1v) is 4.22. The lowest BCUT2D eigenvalue weighted by molar-refractivity contribution is 0.0929. The van der Waals surface area contributed by atoms with Crippen LogP contribution in [0.4, 0.5) is 0 Å². The fourth-order valence-corrected chi connectivity index (χ4v) is 1.34. The van der Waals surface area contributed by atoms with Crippen LogP contribution < -0.4 is 10.6 Å². The normalized spacial score (nSPS) is 22.9. The zero-order valence-electron chi connectivity index (χ0n) is 7.08. The largest absolute Gasteiger partial charge is 0.313 e. The van der Waals surface area contributed by atoms with E-state index in [1.807, 2.05) is 0 Å². The minimum absolute atomic E-state index is 0.0130. The molecule has 0 amide bonds. The first-order chi connectivity index (χ1) is 6.38. The Hall–Kier alpha value is -1.27. The maximum absolute atomic E-state index is 11.6. The fourth-order valence-electron chi connectivity index (χ4n) is 1.34. The Labute approximate surface area is 75.1 Å². The minimum atomic E-state index is -0.168. The first kappa shape index (κ1) is 8.33. The van der Waals surface area contributed by atoms with Gasteiger partial charge < -0.3 is 10.6 Å². The third kappa shape index (κ3) is 1.73. The van der Waals surface area contributed by atoms with Crippen molar-refractivity contribution in [3.63, 3.8) is 0 Å². The Morgan fingerprint density at radius 1 is 1.54 bits per heavy atom. The van der Waals surface area contributed by atoms with Gasteiger partial charge in [-0.3, -0.25) is 4.79 Å². The molecule has 70 valence electrons. The zero-order chi connectivity index (χ0) is 9.10. The molecule has 1 aliphatic heterocycles. The number of aromatic amines is 1. The Kier molecular flexibility index (Phi) is 2.33. The highest BCUT2D eigenvalue weighted by atomic mass is 16.1. The molecule has 1 atom stereocenters. The number of hydrogen-bond acceptors (Lipinski definition) is 5. The molecule has 3 N–H and O–H groups in total. The van der Waals surface area contributed by atoms with Crippen LogP contribution in [0.25, 0.3) is 0 Å². The molecular weight excluding hydrogens is 170 g/mol. The number of carbonyl (C=O) groups is 1. The molecule has 1 aromatic heterocycles. The van der Waals surface area contributed by atoms with Crippen molar-refractivity contribution in [1.82, 2.24) is 26.0 Å². The van der Waals surface area contributed by atoms with Gasteiger partial charge in [-0.05, 0) is 0 Å². The number of carbonyl (C=O) groups excluding carboxylic acids is 1. The van der Waals surface area contributed by atoms with Crippen molar-refractivity contribution in [1.29, 1.82) is 0 Å². The average molecular weight is 181 g/mol. The van der Waals surface area contributed by atoms with Gasteiger partial charge in [0.1, 0.15) is 5.69 Å². The summed E-state index contributed by atoms with van der Waals surface area (Å²) in [5.41, 5.74) is 0.390. The predicted octanol–water partition coefficient (Wildman–Crippen LogP) is -1.45. The monoisotopic (exact) mass is 181 g/mol. The van der Waals surface area contributed by atoms with Gasteiger partial charge in [0.25, 0.3) is 0 Å². The Bertz CT molecular complexity index is 277. The van der Waals surface area contributed by atoms with Crippen LogP contribution >= 0.6 is 0 Å². The second-order valence-corrected chi connectivity index (χ2v) is 2.93. The summed E-state index contributed by atoms with van der Waals surface area (Å²) in [5, 5.41) is 16.0. The lowest BCUT2D eigenvalue weighted by atomic mass is 10.1. The number of nitrogens with zero attached hydrogens (tertiary/aromatic N) is 2. The Balaban J connectivity index is 2.04. The molecule has 0 aliphatic carbocycles. The molecule has 0 radical (unpaired) electrons. The maximum atomic E-state index is 11.6. The van der Waals surface area contributed by atoms with Gasteiger partial charge in [0.05, 0.1) is 12.2 Å². The van der Waals surface area contributed by atoms with Gasteiger partial charge in [-0.15, -0.1) is 0 Å². The van der Waals surface area contributed by atoms with Gasteiger partial charge in [-0.2, -0.15) is 15.4 Å². The molecule has 13 heavy (non-hydrogen) atoms. The van der Waals surface area contributed by atoms with Crippen molar-refractivity contribution in [3.8, 4) is 0 Å². The van der Waals surface area contributed by atoms with Crippen LogP contribution in [-0.4, -0.2) is 46.9 Å². The summed E-state index contributed by atoms with van der Waals surface area (Å²) >= 11 is 0. The molecule has 1 aromatic rings. The molecule has 0 aromatic carbocycles. The van der Waals surface area contributed by atoms with Crippen LogP contribution in [0.2, 0.25) is 0 Å². The summed E-state index contributed by atoms with van der Waals surface area (Å²) in [6.45, 7) is 2.38. The molecule has 0 saturated carbocycles. The van der Waals surface area contributed by atoms with Crippen molar-refractivity contribution in [2.24, 2.45) is 0 Å². The standard InChI is InChI=1S/C7H11N5O/c13-7(6-4-10-12-11-6)5-3-8-1-2-9-5/h4-5,8-9H,1-3H2,(H,10,11,12). The van der Waals surface area contributed by atoms with Crippen molar-refractivity contribution in [2.75, 3.05) is 19.6 Å². The molecule has 0 bridgehead atoms. The van der Waals surface area contributed by atoms with Crippen LogP contribution in [0.1, 0.15) is 10.5 Å². The van der Waals surface area contributed by atoms with Crippen molar-refractivity contribution in [3.05, 3.63) is 11.9 Å². The molecule has 6 nitrogen and oxygen atoms in total. The summed E-state index contributed by atoms with van der Waals surface area (Å²) < 4.78 is 0. The molecule has 6 heteroatoms. The van der Waals surface area contributed by atoms with Crippen LogP contribution in [0.5, 0.6) is 0 Å². The van der Waals surface area contributed by atoms with Gasteiger partial charge in [0.2, 0.25) is 5.78 Å². The number of ketones is 1. The van der Waals surface area contributed by atoms with E-state index in [4.69, 9.17) is 0 Å². The second-order valence-electron chi connectivity index (χ2n) is 2.93. The fraction of sp³-hybridized carbons (Fsp3) is 0.571. The van der Waals surface area contributed by atoms with E-state index in [9.17, 15) is 4.79 Å². The average Bonchev–Trinajstić information content (AvgIpc) is 2.71. The number of rotatable bonds is 2. The molecule has 1 aliphatic rings. The molecule has 0 spiro atoms. The summed E-state index contributed by atoms with van der Waals surface area (Å²) in [6, 6.07) is -0.168.